The lowest BCUT2D eigenvalue weighted by Gasteiger charge is -2.01. The number of fused-ring (bicyclic) bond motifs is 1. The number of aryl methyl sites for hydroxylation is 1. The molecule has 108 valence electrons. The zero-order valence-corrected chi connectivity index (χ0v) is 13.6. The number of carbonyl (C=O) groups is 1. The van der Waals surface area contributed by atoms with Crippen LogP contribution < -0.4 is 5.32 Å². The van der Waals surface area contributed by atoms with Gasteiger partial charge in [0, 0.05) is 26.4 Å². The molecule has 0 aliphatic heterocycles. The SMILES string of the molecule is Cc1[nH]nc(NC(=O)c2sc3cc(Cl)ccc3c2Cl)c1C. The number of thiophene rings is 1. The van der Waals surface area contributed by atoms with Crippen LogP contribution in [0.5, 0.6) is 0 Å². The highest BCUT2D eigenvalue weighted by atomic mass is 35.5. The highest BCUT2D eigenvalue weighted by molar-refractivity contribution is 7.21. The van der Waals surface area contributed by atoms with Gasteiger partial charge in [0.2, 0.25) is 0 Å². The Kier molecular flexibility index (Phi) is 3.65. The van der Waals surface area contributed by atoms with Crippen molar-refractivity contribution in [1.29, 1.82) is 0 Å². The highest BCUT2D eigenvalue weighted by Gasteiger charge is 2.19. The summed E-state index contributed by atoms with van der Waals surface area (Å²) in [6, 6.07) is 5.37. The fourth-order valence-electron chi connectivity index (χ4n) is 1.96. The van der Waals surface area contributed by atoms with Gasteiger partial charge in [0.25, 0.3) is 5.91 Å². The van der Waals surface area contributed by atoms with Crippen LogP contribution in [0.4, 0.5) is 5.82 Å². The molecule has 0 spiro atoms. The first kappa shape index (κ1) is 14.4. The summed E-state index contributed by atoms with van der Waals surface area (Å²) >= 11 is 13.6. The van der Waals surface area contributed by atoms with Crippen LogP contribution in [-0.2, 0) is 0 Å². The molecule has 1 amide bonds. The molecule has 3 aromatic rings. The Bertz CT molecular complexity index is 853. The van der Waals surface area contributed by atoms with Crippen LogP contribution in [0, 0.1) is 13.8 Å². The lowest BCUT2D eigenvalue weighted by Crippen LogP contribution is -2.11. The summed E-state index contributed by atoms with van der Waals surface area (Å²) in [5, 5.41) is 11.5. The number of amides is 1. The third kappa shape index (κ3) is 2.52. The molecular formula is C14H11Cl2N3OS. The number of nitrogens with one attached hydrogen (secondary N) is 2. The van der Waals surface area contributed by atoms with Gasteiger partial charge >= 0.3 is 0 Å². The fourth-order valence-corrected chi connectivity index (χ4v) is 3.64. The number of aromatic nitrogens is 2. The second-order valence-electron chi connectivity index (χ2n) is 4.66. The Morgan fingerprint density at radius 2 is 2.10 bits per heavy atom. The van der Waals surface area contributed by atoms with E-state index in [0.29, 0.717) is 20.7 Å². The monoisotopic (exact) mass is 339 g/mol. The zero-order chi connectivity index (χ0) is 15.1. The van der Waals surface area contributed by atoms with Gasteiger partial charge in [0.05, 0.1) is 5.02 Å². The minimum absolute atomic E-state index is 0.271. The third-order valence-corrected chi connectivity index (χ3v) is 5.17. The molecule has 0 aliphatic carbocycles. The second kappa shape index (κ2) is 5.33. The van der Waals surface area contributed by atoms with Crippen LogP contribution in [0.3, 0.4) is 0 Å². The molecule has 3 rings (SSSR count). The lowest BCUT2D eigenvalue weighted by atomic mass is 10.2. The Morgan fingerprint density at radius 3 is 2.76 bits per heavy atom. The number of anilines is 1. The minimum Gasteiger partial charge on any atom is -0.304 e. The topological polar surface area (TPSA) is 57.8 Å². The van der Waals surface area contributed by atoms with Gasteiger partial charge in [-0.15, -0.1) is 11.3 Å². The maximum absolute atomic E-state index is 12.4. The number of hydrogen-bond acceptors (Lipinski definition) is 3. The Morgan fingerprint density at radius 1 is 1.33 bits per heavy atom. The molecule has 1 aromatic carbocycles. The van der Waals surface area contributed by atoms with E-state index < -0.39 is 0 Å². The summed E-state index contributed by atoms with van der Waals surface area (Å²) in [6.45, 7) is 3.78. The number of hydrogen-bond donors (Lipinski definition) is 2. The molecule has 2 heterocycles. The van der Waals surface area contributed by atoms with Crippen LogP contribution >= 0.6 is 34.5 Å². The van der Waals surface area contributed by atoms with E-state index in [1.54, 1.807) is 12.1 Å². The highest BCUT2D eigenvalue weighted by Crippen LogP contribution is 2.37. The van der Waals surface area contributed by atoms with E-state index in [4.69, 9.17) is 23.2 Å². The number of benzene rings is 1. The Hall–Kier alpha value is -1.56. The van der Waals surface area contributed by atoms with Gasteiger partial charge in [-0.3, -0.25) is 9.89 Å². The lowest BCUT2D eigenvalue weighted by molar-refractivity contribution is 0.103. The van der Waals surface area contributed by atoms with Crippen molar-refractivity contribution in [2.24, 2.45) is 0 Å². The molecule has 21 heavy (non-hydrogen) atoms. The maximum atomic E-state index is 12.4. The van der Waals surface area contributed by atoms with E-state index in [1.165, 1.54) is 11.3 Å². The average molecular weight is 340 g/mol. The van der Waals surface area contributed by atoms with Crippen molar-refractivity contribution in [2.75, 3.05) is 5.32 Å². The molecule has 0 atom stereocenters. The molecule has 2 N–H and O–H groups in total. The maximum Gasteiger partial charge on any atom is 0.268 e. The number of nitrogens with zero attached hydrogens (tertiary/aromatic N) is 1. The van der Waals surface area contributed by atoms with Crippen molar-refractivity contribution in [1.82, 2.24) is 10.2 Å². The average Bonchev–Trinajstić information content (AvgIpc) is 2.93. The van der Waals surface area contributed by atoms with Crippen molar-refractivity contribution >= 4 is 56.3 Å². The van der Waals surface area contributed by atoms with Gasteiger partial charge in [0.15, 0.2) is 5.82 Å². The van der Waals surface area contributed by atoms with Crippen molar-refractivity contribution in [3.8, 4) is 0 Å². The predicted molar refractivity (Wildman–Crippen MR) is 87.9 cm³/mol. The van der Waals surface area contributed by atoms with Crippen LogP contribution in [-0.4, -0.2) is 16.1 Å². The van der Waals surface area contributed by atoms with Gasteiger partial charge < -0.3 is 5.32 Å². The first-order chi connectivity index (χ1) is 9.97. The molecule has 0 saturated heterocycles. The van der Waals surface area contributed by atoms with Gasteiger partial charge in [-0.2, -0.15) is 5.10 Å². The van der Waals surface area contributed by atoms with Crippen molar-refractivity contribution in [3.05, 3.63) is 44.4 Å². The van der Waals surface area contributed by atoms with Crippen molar-refractivity contribution in [2.45, 2.75) is 13.8 Å². The third-order valence-electron chi connectivity index (χ3n) is 3.28. The van der Waals surface area contributed by atoms with Crippen LogP contribution in [0.1, 0.15) is 20.9 Å². The Labute approximate surface area is 135 Å². The smallest absolute Gasteiger partial charge is 0.268 e. The zero-order valence-electron chi connectivity index (χ0n) is 11.3. The Balaban J connectivity index is 1.98. The number of halogens is 2. The van der Waals surface area contributed by atoms with E-state index in [1.807, 2.05) is 19.9 Å². The molecule has 7 heteroatoms. The van der Waals surface area contributed by atoms with Gasteiger partial charge in [-0.25, -0.2) is 0 Å². The standard InChI is InChI=1S/C14H11Cl2N3OS/c1-6-7(2)18-19-13(6)17-14(20)12-11(16)9-4-3-8(15)5-10(9)21-12/h3-5H,1-2H3,(H2,17,18,19,20). The summed E-state index contributed by atoms with van der Waals surface area (Å²) < 4.78 is 0.882. The quantitative estimate of drug-likeness (QED) is 0.704. The number of aromatic amines is 1. The molecule has 0 radical (unpaired) electrons. The first-order valence-corrected chi connectivity index (χ1v) is 7.75. The summed E-state index contributed by atoms with van der Waals surface area (Å²) in [5.74, 6) is 0.246. The predicted octanol–water partition coefficient (Wildman–Crippen LogP) is 4.80. The van der Waals surface area contributed by atoms with Gasteiger partial charge in [0.1, 0.15) is 4.88 Å². The summed E-state index contributed by atoms with van der Waals surface area (Å²) in [6.07, 6.45) is 0. The second-order valence-corrected chi connectivity index (χ2v) is 6.53. The molecule has 0 saturated carbocycles. The molecule has 4 nitrogen and oxygen atoms in total. The van der Waals surface area contributed by atoms with E-state index in [-0.39, 0.29) is 5.91 Å². The molecule has 0 bridgehead atoms. The molecular weight excluding hydrogens is 329 g/mol. The van der Waals surface area contributed by atoms with Crippen LogP contribution in [0.15, 0.2) is 18.2 Å². The largest absolute Gasteiger partial charge is 0.304 e. The van der Waals surface area contributed by atoms with Gasteiger partial charge in [-0.1, -0.05) is 29.3 Å². The summed E-state index contributed by atoms with van der Waals surface area (Å²) in [5.41, 5.74) is 1.82. The van der Waals surface area contributed by atoms with Crippen molar-refractivity contribution < 1.29 is 4.79 Å². The summed E-state index contributed by atoms with van der Waals surface area (Å²) in [4.78, 5) is 12.8. The van der Waals surface area contributed by atoms with Crippen LogP contribution in [0.2, 0.25) is 10.0 Å². The van der Waals surface area contributed by atoms with E-state index in [0.717, 1.165) is 21.3 Å². The van der Waals surface area contributed by atoms with Crippen molar-refractivity contribution in [3.63, 3.8) is 0 Å². The number of carbonyl (C=O) groups excluding carboxylic acids is 1. The fraction of sp³-hybridized carbons (Fsp3) is 0.143. The minimum atomic E-state index is -0.271. The molecule has 2 aromatic heterocycles. The summed E-state index contributed by atoms with van der Waals surface area (Å²) in [7, 11) is 0. The molecule has 0 unspecified atom stereocenters. The number of H-pyrrole nitrogens is 1. The van der Waals surface area contributed by atoms with E-state index >= 15 is 0 Å². The van der Waals surface area contributed by atoms with E-state index in [9.17, 15) is 4.79 Å². The molecule has 0 fully saturated rings. The first-order valence-electron chi connectivity index (χ1n) is 6.18. The number of rotatable bonds is 2. The normalized spacial score (nSPS) is 11.0. The van der Waals surface area contributed by atoms with E-state index in [2.05, 4.69) is 15.5 Å². The van der Waals surface area contributed by atoms with Gasteiger partial charge in [-0.05, 0) is 26.0 Å². The van der Waals surface area contributed by atoms with Crippen LogP contribution in [0.25, 0.3) is 10.1 Å². The molecule has 0 aliphatic rings.